The van der Waals surface area contributed by atoms with Crippen molar-refractivity contribution in [2.24, 2.45) is 0 Å². The number of carbonyl (C=O) groups is 3. The van der Waals surface area contributed by atoms with Gasteiger partial charge in [0.2, 0.25) is 11.8 Å². The molecule has 2 N–H and O–H groups in total. The third-order valence-electron chi connectivity index (χ3n) is 3.63. The van der Waals surface area contributed by atoms with Crippen molar-refractivity contribution in [3.8, 4) is 10.6 Å². The van der Waals surface area contributed by atoms with Gasteiger partial charge in [0.05, 0.1) is 17.1 Å². The Balaban J connectivity index is 1.51. The molecule has 0 atom stereocenters. The Labute approximate surface area is 163 Å². The molecule has 7 nitrogen and oxygen atoms in total. The number of thiophene rings is 1. The Morgan fingerprint density at radius 2 is 2.19 bits per heavy atom. The largest absolute Gasteiger partial charge is 0.351 e. The first-order valence-electron chi connectivity index (χ1n) is 8.02. The summed E-state index contributed by atoms with van der Waals surface area (Å²) in [5.41, 5.74) is 0.801. The van der Waals surface area contributed by atoms with Crippen molar-refractivity contribution in [3.63, 3.8) is 0 Å². The highest BCUT2D eigenvalue weighted by Gasteiger charge is 2.21. The van der Waals surface area contributed by atoms with Crippen molar-refractivity contribution in [2.45, 2.75) is 19.9 Å². The first-order valence-corrected chi connectivity index (χ1v) is 10.7. The highest BCUT2D eigenvalue weighted by molar-refractivity contribution is 8.13. The summed E-state index contributed by atoms with van der Waals surface area (Å²) in [6.07, 6.45) is 0.265. The van der Waals surface area contributed by atoms with Crippen molar-refractivity contribution < 1.29 is 14.4 Å². The van der Waals surface area contributed by atoms with Crippen molar-refractivity contribution in [2.75, 3.05) is 24.2 Å². The van der Waals surface area contributed by atoms with Crippen LogP contribution in [0.4, 0.5) is 9.93 Å². The quantitative estimate of drug-likeness (QED) is 0.732. The van der Waals surface area contributed by atoms with Gasteiger partial charge in [0.15, 0.2) is 5.13 Å². The van der Waals surface area contributed by atoms with Crippen LogP contribution in [0.25, 0.3) is 10.6 Å². The van der Waals surface area contributed by atoms with E-state index in [2.05, 4.69) is 15.6 Å². The number of thiazole rings is 1. The van der Waals surface area contributed by atoms with E-state index in [-0.39, 0.29) is 23.5 Å². The van der Waals surface area contributed by atoms with Gasteiger partial charge in [-0.25, -0.2) is 4.98 Å². The van der Waals surface area contributed by atoms with E-state index in [1.807, 2.05) is 17.5 Å². The maximum atomic E-state index is 12.0. The number of hydrogen-bond acceptors (Lipinski definition) is 7. The molecular formula is C16H18N4O3S3. The number of amides is 3. The van der Waals surface area contributed by atoms with Gasteiger partial charge < -0.3 is 15.5 Å². The summed E-state index contributed by atoms with van der Waals surface area (Å²) in [7, 11) is 0. The van der Waals surface area contributed by atoms with E-state index >= 15 is 0 Å². The molecule has 0 unspecified atom stereocenters. The van der Waals surface area contributed by atoms with Crippen LogP contribution in [0.2, 0.25) is 0 Å². The lowest BCUT2D eigenvalue weighted by molar-refractivity contribution is -0.119. The number of hydrogen-bond donors (Lipinski definition) is 2. The maximum Gasteiger partial charge on any atom is 0.281 e. The van der Waals surface area contributed by atoms with Gasteiger partial charge in [0, 0.05) is 42.4 Å². The number of nitrogens with zero attached hydrogens (tertiary/aromatic N) is 2. The molecular weight excluding hydrogens is 392 g/mol. The van der Waals surface area contributed by atoms with Crippen molar-refractivity contribution in [3.05, 3.63) is 22.4 Å². The van der Waals surface area contributed by atoms with E-state index in [1.54, 1.807) is 16.2 Å². The molecule has 0 spiro atoms. The average Bonchev–Trinajstić information content (AvgIpc) is 3.32. The minimum Gasteiger partial charge on any atom is -0.351 e. The Morgan fingerprint density at radius 3 is 2.92 bits per heavy atom. The molecule has 0 radical (unpaired) electrons. The van der Waals surface area contributed by atoms with Gasteiger partial charge in [-0.05, 0) is 12.1 Å². The summed E-state index contributed by atoms with van der Waals surface area (Å²) >= 11 is 4.22. The van der Waals surface area contributed by atoms with Crippen molar-refractivity contribution in [1.82, 2.24) is 15.2 Å². The first kappa shape index (κ1) is 18.9. The Kier molecular flexibility index (Phi) is 6.28. The lowest BCUT2D eigenvalue weighted by Crippen LogP contribution is -2.27. The zero-order valence-electron chi connectivity index (χ0n) is 14.1. The highest BCUT2D eigenvalue weighted by atomic mass is 32.2. The second-order valence-electron chi connectivity index (χ2n) is 5.61. The van der Waals surface area contributed by atoms with E-state index in [9.17, 15) is 14.4 Å². The van der Waals surface area contributed by atoms with E-state index < -0.39 is 0 Å². The van der Waals surface area contributed by atoms with E-state index in [1.165, 1.54) is 30.0 Å². The van der Waals surface area contributed by atoms with Crippen LogP contribution >= 0.6 is 34.4 Å². The molecule has 10 heteroatoms. The molecule has 1 saturated heterocycles. The summed E-state index contributed by atoms with van der Waals surface area (Å²) in [5, 5.41) is 8.04. The maximum absolute atomic E-state index is 12.0. The van der Waals surface area contributed by atoms with E-state index in [4.69, 9.17) is 0 Å². The van der Waals surface area contributed by atoms with Crippen molar-refractivity contribution >= 4 is 56.6 Å². The zero-order chi connectivity index (χ0) is 18.5. The van der Waals surface area contributed by atoms with Crippen LogP contribution in [-0.2, 0) is 16.1 Å². The monoisotopic (exact) mass is 410 g/mol. The lowest BCUT2D eigenvalue weighted by Gasteiger charge is -2.13. The van der Waals surface area contributed by atoms with Crippen LogP contribution in [-0.4, -0.2) is 45.8 Å². The van der Waals surface area contributed by atoms with Crippen LogP contribution in [0.3, 0.4) is 0 Å². The van der Waals surface area contributed by atoms with Gasteiger partial charge in [-0.2, -0.15) is 0 Å². The molecule has 1 aliphatic heterocycles. The molecule has 138 valence electrons. The van der Waals surface area contributed by atoms with Gasteiger partial charge in [0.25, 0.3) is 5.24 Å². The molecule has 0 saturated carbocycles. The standard InChI is InChI=1S/C16H18N4O3S3/c1-10(21)17-8-11-2-3-13(26-11)12-9-25-15(18-12)19-14(22)4-5-20-6-7-24-16(20)23/h2-3,9H,4-8H2,1H3,(H,17,21)(H,18,19,22). The molecule has 0 aliphatic carbocycles. The number of carbonyl (C=O) groups excluding carboxylic acids is 3. The average molecular weight is 411 g/mol. The number of thioether (sulfide) groups is 1. The molecule has 0 bridgehead atoms. The van der Waals surface area contributed by atoms with Crippen molar-refractivity contribution in [1.29, 1.82) is 0 Å². The fourth-order valence-corrected chi connectivity index (χ4v) is 4.87. The van der Waals surface area contributed by atoms with Crippen LogP contribution in [0.1, 0.15) is 18.2 Å². The van der Waals surface area contributed by atoms with Gasteiger partial charge in [0.1, 0.15) is 0 Å². The molecule has 3 amide bonds. The molecule has 1 fully saturated rings. The highest BCUT2D eigenvalue weighted by Crippen LogP contribution is 2.30. The second-order valence-corrected chi connectivity index (χ2v) is 8.69. The first-order chi connectivity index (χ1) is 12.5. The van der Waals surface area contributed by atoms with Gasteiger partial charge in [-0.1, -0.05) is 11.8 Å². The number of nitrogens with one attached hydrogen (secondary N) is 2. The van der Waals surface area contributed by atoms with E-state index in [0.717, 1.165) is 21.2 Å². The minimum absolute atomic E-state index is 0.0436. The topological polar surface area (TPSA) is 91.4 Å². The van der Waals surface area contributed by atoms with E-state index in [0.29, 0.717) is 24.8 Å². The third-order valence-corrected chi connectivity index (χ3v) is 6.39. The second kappa shape index (κ2) is 8.65. The summed E-state index contributed by atoms with van der Waals surface area (Å²) < 4.78 is 0. The molecule has 3 heterocycles. The van der Waals surface area contributed by atoms with Gasteiger partial charge in [-0.15, -0.1) is 22.7 Å². The molecule has 3 rings (SSSR count). The molecule has 2 aromatic rings. The Morgan fingerprint density at radius 1 is 1.35 bits per heavy atom. The predicted molar refractivity (Wildman–Crippen MR) is 106 cm³/mol. The molecule has 26 heavy (non-hydrogen) atoms. The molecule has 2 aromatic heterocycles. The fraction of sp³-hybridized carbons (Fsp3) is 0.375. The SMILES string of the molecule is CC(=O)NCc1ccc(-c2csc(NC(=O)CCN3CCSC3=O)n2)s1. The summed E-state index contributed by atoms with van der Waals surface area (Å²) in [6, 6.07) is 3.91. The molecule has 0 aromatic carbocycles. The number of aromatic nitrogens is 1. The zero-order valence-corrected chi connectivity index (χ0v) is 16.6. The lowest BCUT2D eigenvalue weighted by atomic mass is 10.3. The smallest absolute Gasteiger partial charge is 0.281 e. The number of rotatable bonds is 7. The van der Waals surface area contributed by atoms with Crippen LogP contribution in [0, 0.1) is 0 Å². The summed E-state index contributed by atoms with van der Waals surface area (Å²) in [6.45, 7) is 3.13. The normalized spacial score (nSPS) is 13.9. The van der Waals surface area contributed by atoms with Crippen LogP contribution < -0.4 is 10.6 Å². The fourth-order valence-electron chi connectivity index (χ4n) is 2.31. The van der Waals surface area contributed by atoms with Crippen LogP contribution in [0.5, 0.6) is 0 Å². The summed E-state index contributed by atoms with van der Waals surface area (Å²) in [4.78, 5) is 42.7. The third kappa shape index (κ3) is 5.05. The molecule has 1 aliphatic rings. The van der Waals surface area contributed by atoms with Gasteiger partial charge in [-0.3, -0.25) is 14.4 Å². The Hall–Kier alpha value is -1.91. The predicted octanol–water partition coefficient (Wildman–Crippen LogP) is 3.01. The number of anilines is 1. The van der Waals surface area contributed by atoms with Gasteiger partial charge >= 0.3 is 0 Å². The summed E-state index contributed by atoms with van der Waals surface area (Å²) in [5.74, 6) is 0.585. The van der Waals surface area contributed by atoms with Crippen LogP contribution in [0.15, 0.2) is 17.5 Å². The minimum atomic E-state index is -0.145. The Bertz CT molecular complexity index is 817.